The molecular formula is C18H18F2N2O4. The average Bonchev–Trinajstić information content (AvgIpc) is 2.64. The lowest BCUT2D eigenvalue weighted by molar-refractivity contribution is -0.125. The molecule has 2 rings (SSSR count). The Kier molecular flexibility index (Phi) is 7.35. The number of oxime groups is 1. The molecule has 26 heavy (non-hydrogen) atoms. The van der Waals surface area contributed by atoms with E-state index < -0.39 is 6.61 Å². The third-order valence-corrected chi connectivity index (χ3v) is 3.25. The van der Waals surface area contributed by atoms with Crippen LogP contribution in [0.15, 0.2) is 53.7 Å². The first-order chi connectivity index (χ1) is 12.6. The second-order valence-corrected chi connectivity index (χ2v) is 5.05. The van der Waals surface area contributed by atoms with Gasteiger partial charge in [0.05, 0.1) is 13.3 Å². The van der Waals surface area contributed by atoms with E-state index in [9.17, 15) is 13.6 Å². The second-order valence-electron chi connectivity index (χ2n) is 5.05. The predicted molar refractivity (Wildman–Crippen MR) is 91.5 cm³/mol. The fourth-order valence-corrected chi connectivity index (χ4v) is 1.98. The lowest BCUT2D eigenvalue weighted by Gasteiger charge is -2.07. The highest BCUT2D eigenvalue weighted by Crippen LogP contribution is 2.18. The van der Waals surface area contributed by atoms with Crippen molar-refractivity contribution in [1.82, 2.24) is 5.32 Å². The highest BCUT2D eigenvalue weighted by Gasteiger charge is 2.07. The third kappa shape index (κ3) is 6.39. The summed E-state index contributed by atoms with van der Waals surface area (Å²) in [5.41, 5.74) is 1.21. The molecule has 0 atom stereocenters. The van der Waals surface area contributed by atoms with Gasteiger partial charge in [0.25, 0.3) is 5.91 Å². The monoisotopic (exact) mass is 364 g/mol. The van der Waals surface area contributed by atoms with Crippen LogP contribution in [0.5, 0.6) is 11.5 Å². The summed E-state index contributed by atoms with van der Waals surface area (Å²) in [4.78, 5) is 16.6. The molecule has 0 saturated heterocycles. The minimum atomic E-state index is -2.94. The lowest BCUT2D eigenvalue weighted by Crippen LogP contribution is -2.26. The van der Waals surface area contributed by atoms with Gasteiger partial charge in [-0.15, -0.1) is 0 Å². The topological polar surface area (TPSA) is 69.2 Å². The Bertz CT molecular complexity index is 736. The van der Waals surface area contributed by atoms with Crippen LogP contribution in [0.3, 0.4) is 0 Å². The number of hydrogen-bond donors (Lipinski definition) is 1. The minimum Gasteiger partial charge on any atom is -0.497 e. The molecule has 0 unspecified atom stereocenters. The summed E-state index contributed by atoms with van der Waals surface area (Å²) in [6.07, 6.45) is 1.20. The summed E-state index contributed by atoms with van der Waals surface area (Å²) in [5, 5.41) is 6.27. The molecule has 0 aliphatic carbocycles. The highest BCUT2D eigenvalue weighted by molar-refractivity contribution is 5.83. The molecule has 0 aliphatic heterocycles. The molecule has 0 saturated carbocycles. The minimum absolute atomic E-state index is 0.0289. The van der Waals surface area contributed by atoms with Crippen molar-refractivity contribution >= 4 is 12.1 Å². The third-order valence-electron chi connectivity index (χ3n) is 3.25. The van der Waals surface area contributed by atoms with Crippen LogP contribution >= 0.6 is 0 Å². The zero-order valence-electron chi connectivity index (χ0n) is 14.0. The van der Waals surface area contributed by atoms with Crippen molar-refractivity contribution in [3.8, 4) is 11.5 Å². The van der Waals surface area contributed by atoms with Gasteiger partial charge in [-0.05, 0) is 29.8 Å². The van der Waals surface area contributed by atoms with Crippen molar-refractivity contribution in [2.45, 2.75) is 13.2 Å². The summed E-state index contributed by atoms with van der Waals surface area (Å²) in [6, 6.07) is 13.4. The van der Waals surface area contributed by atoms with E-state index in [1.807, 2.05) is 12.1 Å². The summed E-state index contributed by atoms with van der Waals surface area (Å²) >= 11 is 0. The quantitative estimate of drug-likeness (QED) is 0.549. The molecule has 138 valence electrons. The van der Waals surface area contributed by atoms with Gasteiger partial charge in [0, 0.05) is 12.1 Å². The Hall–Kier alpha value is -3.16. The molecule has 0 heterocycles. The molecule has 0 aliphatic rings. The number of nitrogens with zero attached hydrogens (tertiary/aromatic N) is 1. The van der Waals surface area contributed by atoms with Crippen molar-refractivity contribution in [1.29, 1.82) is 0 Å². The largest absolute Gasteiger partial charge is 0.497 e. The van der Waals surface area contributed by atoms with E-state index >= 15 is 0 Å². The van der Waals surface area contributed by atoms with Crippen LogP contribution in [-0.2, 0) is 16.2 Å². The SMILES string of the molecule is COc1ccc(CNC(=O)CO/N=C\c2ccccc2OC(F)F)cc1. The summed E-state index contributed by atoms with van der Waals surface area (Å²) < 4.78 is 34.0. The molecule has 0 spiro atoms. The first-order valence-corrected chi connectivity index (χ1v) is 7.67. The van der Waals surface area contributed by atoms with Crippen molar-refractivity contribution < 1.29 is 27.9 Å². The molecule has 6 nitrogen and oxygen atoms in total. The predicted octanol–water partition coefficient (Wildman–Crippen LogP) is 2.96. The number of rotatable bonds is 9. The van der Waals surface area contributed by atoms with Crippen molar-refractivity contribution in [3.05, 3.63) is 59.7 Å². The van der Waals surface area contributed by atoms with Crippen LogP contribution in [-0.4, -0.2) is 32.4 Å². The summed E-state index contributed by atoms with van der Waals surface area (Å²) in [5.74, 6) is 0.336. The molecule has 2 aromatic rings. The second kappa shape index (κ2) is 9.97. The Balaban J connectivity index is 1.76. The van der Waals surface area contributed by atoms with Gasteiger partial charge in [-0.25, -0.2) is 0 Å². The first-order valence-electron chi connectivity index (χ1n) is 7.67. The van der Waals surface area contributed by atoms with E-state index in [-0.39, 0.29) is 18.3 Å². The maximum absolute atomic E-state index is 12.3. The van der Waals surface area contributed by atoms with Crippen molar-refractivity contribution in [2.75, 3.05) is 13.7 Å². The van der Waals surface area contributed by atoms with E-state index in [4.69, 9.17) is 9.57 Å². The molecule has 1 N–H and O–H groups in total. The van der Waals surface area contributed by atoms with Crippen molar-refractivity contribution in [3.63, 3.8) is 0 Å². The Morgan fingerprint density at radius 2 is 1.92 bits per heavy atom. The number of alkyl halides is 2. The summed E-state index contributed by atoms with van der Waals surface area (Å²) in [7, 11) is 1.58. The zero-order valence-corrected chi connectivity index (χ0v) is 14.0. The number of carbonyl (C=O) groups excluding carboxylic acids is 1. The Labute approximate surface area is 149 Å². The Morgan fingerprint density at radius 1 is 1.19 bits per heavy atom. The van der Waals surface area contributed by atoms with Gasteiger partial charge in [0.2, 0.25) is 0 Å². The molecular weight excluding hydrogens is 346 g/mol. The van der Waals surface area contributed by atoms with E-state index in [1.165, 1.54) is 18.3 Å². The van der Waals surface area contributed by atoms with Gasteiger partial charge in [-0.2, -0.15) is 8.78 Å². The van der Waals surface area contributed by atoms with Crippen LogP contribution in [0.1, 0.15) is 11.1 Å². The van der Waals surface area contributed by atoms with E-state index in [1.54, 1.807) is 31.4 Å². The van der Waals surface area contributed by atoms with Gasteiger partial charge in [-0.3, -0.25) is 4.79 Å². The number of methoxy groups -OCH3 is 1. The van der Waals surface area contributed by atoms with Gasteiger partial charge in [0.15, 0.2) is 6.61 Å². The van der Waals surface area contributed by atoms with Crippen LogP contribution in [0.2, 0.25) is 0 Å². The zero-order chi connectivity index (χ0) is 18.8. The Morgan fingerprint density at radius 3 is 2.62 bits per heavy atom. The molecule has 1 amide bonds. The van der Waals surface area contributed by atoms with Crippen molar-refractivity contribution in [2.24, 2.45) is 5.16 Å². The van der Waals surface area contributed by atoms with Crippen LogP contribution < -0.4 is 14.8 Å². The van der Waals surface area contributed by atoms with Crippen LogP contribution in [0, 0.1) is 0 Å². The van der Waals surface area contributed by atoms with Gasteiger partial charge < -0.3 is 19.6 Å². The van der Waals surface area contributed by atoms with Gasteiger partial charge in [-0.1, -0.05) is 29.4 Å². The molecule has 8 heteroatoms. The molecule has 0 fully saturated rings. The fourth-order valence-electron chi connectivity index (χ4n) is 1.98. The number of amides is 1. The number of hydrogen-bond acceptors (Lipinski definition) is 5. The normalized spacial score (nSPS) is 10.8. The van der Waals surface area contributed by atoms with Crippen LogP contribution in [0.25, 0.3) is 0 Å². The lowest BCUT2D eigenvalue weighted by atomic mass is 10.2. The van der Waals surface area contributed by atoms with Crippen LogP contribution in [0.4, 0.5) is 8.78 Å². The molecule has 2 aromatic carbocycles. The molecule has 0 radical (unpaired) electrons. The number of nitrogens with one attached hydrogen (secondary N) is 1. The van der Waals surface area contributed by atoms with Gasteiger partial charge >= 0.3 is 6.61 Å². The summed E-state index contributed by atoms with van der Waals surface area (Å²) in [6.45, 7) is -2.90. The number of benzene rings is 2. The smallest absolute Gasteiger partial charge is 0.387 e. The first kappa shape index (κ1) is 19.2. The standard InChI is InChI=1S/C18H18F2N2O4/c1-24-15-8-6-13(7-9-15)10-21-17(23)12-25-22-11-14-4-2-3-5-16(14)26-18(19)20/h2-9,11,18H,10,12H2,1H3,(H,21,23)/b22-11-. The van der Waals surface area contributed by atoms with E-state index in [2.05, 4.69) is 15.2 Å². The average molecular weight is 364 g/mol. The number of halogens is 2. The number of para-hydroxylation sites is 1. The number of ether oxygens (including phenoxy) is 2. The van der Waals surface area contributed by atoms with Gasteiger partial charge in [0.1, 0.15) is 11.5 Å². The molecule has 0 aromatic heterocycles. The maximum Gasteiger partial charge on any atom is 0.387 e. The van der Waals surface area contributed by atoms with E-state index in [0.717, 1.165) is 11.3 Å². The van der Waals surface area contributed by atoms with E-state index in [0.29, 0.717) is 12.1 Å². The highest BCUT2D eigenvalue weighted by atomic mass is 19.3. The fraction of sp³-hybridized carbons (Fsp3) is 0.222. The molecule has 0 bridgehead atoms. The maximum atomic E-state index is 12.3. The number of carbonyl (C=O) groups is 1.